The lowest BCUT2D eigenvalue weighted by atomic mass is 9.90. The minimum Gasteiger partial charge on any atom is -0.472 e. The average molecular weight is 492 g/mol. The molecular formula is C27H23Cl2N3O2. The number of hydrogen-bond acceptors (Lipinski definition) is 3. The predicted octanol–water partition coefficient (Wildman–Crippen LogP) is 7.14. The number of aromatic nitrogens is 2. The highest BCUT2D eigenvalue weighted by molar-refractivity contribution is 6.35. The van der Waals surface area contributed by atoms with E-state index in [1.807, 2.05) is 49.4 Å². The fourth-order valence-corrected chi connectivity index (χ4v) is 4.88. The molecule has 5 rings (SSSR count). The molecule has 1 aliphatic rings. The van der Waals surface area contributed by atoms with E-state index in [0.717, 1.165) is 47.2 Å². The van der Waals surface area contributed by atoms with Crippen molar-refractivity contribution >= 4 is 40.8 Å². The van der Waals surface area contributed by atoms with E-state index in [-0.39, 0.29) is 11.9 Å². The van der Waals surface area contributed by atoms with Gasteiger partial charge in [-0.3, -0.25) is 4.79 Å². The Morgan fingerprint density at radius 1 is 1.15 bits per heavy atom. The van der Waals surface area contributed by atoms with Crippen LogP contribution < -0.4 is 5.32 Å². The molecule has 0 fully saturated rings. The topological polar surface area (TPSA) is 60.1 Å². The fourth-order valence-electron chi connectivity index (χ4n) is 4.39. The van der Waals surface area contributed by atoms with Gasteiger partial charge in [0, 0.05) is 16.1 Å². The molecule has 2 aromatic heterocycles. The molecule has 0 unspecified atom stereocenters. The molecule has 0 saturated carbocycles. The lowest BCUT2D eigenvalue weighted by Gasteiger charge is -2.19. The van der Waals surface area contributed by atoms with Crippen molar-refractivity contribution in [3.8, 4) is 5.69 Å². The number of fused-ring (bicyclic) bond motifs is 1. The molecule has 2 aromatic carbocycles. The summed E-state index contributed by atoms with van der Waals surface area (Å²) in [5, 5.41) is 8.91. The van der Waals surface area contributed by atoms with E-state index >= 15 is 0 Å². The van der Waals surface area contributed by atoms with Gasteiger partial charge in [-0.25, -0.2) is 4.68 Å². The highest BCUT2D eigenvalue weighted by atomic mass is 35.5. The van der Waals surface area contributed by atoms with E-state index in [1.54, 1.807) is 29.3 Å². The minimum absolute atomic E-state index is 0.154. The predicted molar refractivity (Wildman–Crippen MR) is 135 cm³/mol. The average Bonchev–Trinajstić information content (AvgIpc) is 3.48. The molecule has 0 bridgehead atoms. The standard InChI is InChI=1S/C27H23Cl2N3O2/c1-17(19-6-3-2-4-7-19)30-27(33)25-22-9-5-8-20(14-18-12-13-34-16-18)26(22)32(31-25)24-11-10-21(28)15-23(24)29/h2-4,6-7,10-17H,5,8-9H2,1H3,(H,30,33)/t17-/m1/s1. The molecule has 1 atom stereocenters. The molecular weight excluding hydrogens is 469 g/mol. The fraction of sp³-hybridized carbons (Fsp3) is 0.185. The van der Waals surface area contributed by atoms with Crippen molar-refractivity contribution in [3.63, 3.8) is 0 Å². The van der Waals surface area contributed by atoms with Crippen LogP contribution in [0.5, 0.6) is 0 Å². The first kappa shape index (κ1) is 22.5. The molecule has 5 nitrogen and oxygen atoms in total. The molecule has 1 aliphatic carbocycles. The number of amides is 1. The second-order valence-electron chi connectivity index (χ2n) is 8.37. The van der Waals surface area contributed by atoms with Gasteiger partial charge in [-0.1, -0.05) is 53.5 Å². The smallest absolute Gasteiger partial charge is 0.272 e. The lowest BCUT2D eigenvalue weighted by molar-refractivity contribution is 0.0933. The number of carbonyl (C=O) groups excluding carboxylic acids is 1. The number of nitrogens with zero attached hydrogens (tertiary/aromatic N) is 2. The third kappa shape index (κ3) is 4.41. The van der Waals surface area contributed by atoms with Gasteiger partial charge in [0.1, 0.15) is 0 Å². The SMILES string of the molecule is C[C@@H](NC(=O)c1nn(-c2ccc(Cl)cc2Cl)c2c1CCCC2=Cc1ccoc1)c1ccccc1. The normalized spacial score (nSPS) is 15.2. The molecule has 1 N–H and O–H groups in total. The molecule has 34 heavy (non-hydrogen) atoms. The third-order valence-electron chi connectivity index (χ3n) is 6.04. The Hall–Kier alpha value is -3.28. The van der Waals surface area contributed by atoms with Crippen LogP contribution in [0, 0.1) is 0 Å². The van der Waals surface area contributed by atoms with Crippen LogP contribution in [0.15, 0.2) is 71.5 Å². The van der Waals surface area contributed by atoms with Crippen LogP contribution in [0.25, 0.3) is 17.3 Å². The van der Waals surface area contributed by atoms with Crippen molar-refractivity contribution in [1.29, 1.82) is 0 Å². The van der Waals surface area contributed by atoms with Crippen molar-refractivity contribution in [2.75, 3.05) is 0 Å². The van der Waals surface area contributed by atoms with Crippen LogP contribution in [0.4, 0.5) is 0 Å². The van der Waals surface area contributed by atoms with E-state index < -0.39 is 0 Å². The summed E-state index contributed by atoms with van der Waals surface area (Å²) in [6.07, 6.45) is 7.96. The molecule has 172 valence electrons. The van der Waals surface area contributed by atoms with Crippen molar-refractivity contribution in [3.05, 3.63) is 105 Å². The second-order valence-corrected chi connectivity index (χ2v) is 9.21. The van der Waals surface area contributed by atoms with E-state index in [4.69, 9.17) is 32.7 Å². The number of allylic oxidation sites excluding steroid dienone is 1. The molecule has 0 radical (unpaired) electrons. The van der Waals surface area contributed by atoms with Gasteiger partial charge >= 0.3 is 0 Å². The van der Waals surface area contributed by atoms with Gasteiger partial charge in [0.25, 0.3) is 5.91 Å². The Morgan fingerprint density at radius 2 is 1.97 bits per heavy atom. The first-order valence-electron chi connectivity index (χ1n) is 11.2. The molecule has 0 saturated heterocycles. The van der Waals surface area contributed by atoms with Gasteiger partial charge in [-0.15, -0.1) is 0 Å². The Balaban J connectivity index is 1.61. The van der Waals surface area contributed by atoms with Crippen LogP contribution in [0.2, 0.25) is 10.0 Å². The molecule has 1 amide bonds. The first-order valence-corrected chi connectivity index (χ1v) is 11.9. The molecule has 0 spiro atoms. The highest BCUT2D eigenvalue weighted by Gasteiger charge is 2.29. The number of rotatable bonds is 5. The van der Waals surface area contributed by atoms with Gasteiger partial charge in [0.2, 0.25) is 0 Å². The molecule has 2 heterocycles. The van der Waals surface area contributed by atoms with E-state index in [0.29, 0.717) is 21.4 Å². The number of halogens is 2. The minimum atomic E-state index is -0.207. The first-order chi connectivity index (χ1) is 16.5. The largest absolute Gasteiger partial charge is 0.472 e. The summed E-state index contributed by atoms with van der Waals surface area (Å²) in [6, 6.07) is 16.9. The second kappa shape index (κ2) is 9.53. The summed E-state index contributed by atoms with van der Waals surface area (Å²) < 4.78 is 7.03. The zero-order valence-corrected chi connectivity index (χ0v) is 20.1. The van der Waals surface area contributed by atoms with Crippen molar-refractivity contribution < 1.29 is 9.21 Å². The Bertz CT molecular complexity index is 1360. The maximum atomic E-state index is 13.4. The van der Waals surface area contributed by atoms with Gasteiger partial charge in [-0.05, 0) is 67.7 Å². The Morgan fingerprint density at radius 3 is 2.71 bits per heavy atom. The van der Waals surface area contributed by atoms with Gasteiger partial charge in [-0.2, -0.15) is 5.10 Å². The number of nitrogens with one attached hydrogen (secondary N) is 1. The number of hydrogen-bond donors (Lipinski definition) is 1. The summed E-state index contributed by atoms with van der Waals surface area (Å²) in [4.78, 5) is 13.4. The zero-order chi connectivity index (χ0) is 23.7. The van der Waals surface area contributed by atoms with Gasteiger partial charge in [0.15, 0.2) is 5.69 Å². The van der Waals surface area contributed by atoms with Crippen LogP contribution in [0.3, 0.4) is 0 Å². The number of furan rings is 1. The Kier molecular flexibility index (Phi) is 6.31. The quantitative estimate of drug-likeness (QED) is 0.322. The summed E-state index contributed by atoms with van der Waals surface area (Å²) in [5.74, 6) is -0.207. The zero-order valence-electron chi connectivity index (χ0n) is 18.6. The third-order valence-corrected chi connectivity index (χ3v) is 6.58. The highest BCUT2D eigenvalue weighted by Crippen LogP contribution is 2.37. The molecule has 7 heteroatoms. The maximum Gasteiger partial charge on any atom is 0.272 e. The van der Waals surface area contributed by atoms with Gasteiger partial charge < -0.3 is 9.73 Å². The lowest BCUT2D eigenvalue weighted by Crippen LogP contribution is -2.28. The van der Waals surface area contributed by atoms with Gasteiger partial charge in [0.05, 0.1) is 35.0 Å². The summed E-state index contributed by atoms with van der Waals surface area (Å²) in [5.41, 5.74) is 5.99. The summed E-state index contributed by atoms with van der Waals surface area (Å²) in [7, 11) is 0. The van der Waals surface area contributed by atoms with E-state index in [2.05, 4.69) is 11.4 Å². The van der Waals surface area contributed by atoms with Crippen molar-refractivity contribution in [1.82, 2.24) is 15.1 Å². The maximum absolute atomic E-state index is 13.4. The molecule has 0 aliphatic heterocycles. The molecule has 4 aromatic rings. The number of carbonyl (C=O) groups is 1. The number of benzene rings is 2. The van der Waals surface area contributed by atoms with Crippen LogP contribution in [0.1, 0.15) is 58.7 Å². The van der Waals surface area contributed by atoms with E-state index in [1.165, 1.54) is 0 Å². The summed E-state index contributed by atoms with van der Waals surface area (Å²) in [6.45, 7) is 1.97. The Labute approximate surface area is 208 Å². The van der Waals surface area contributed by atoms with Crippen LogP contribution in [-0.2, 0) is 6.42 Å². The van der Waals surface area contributed by atoms with Crippen molar-refractivity contribution in [2.24, 2.45) is 0 Å². The monoisotopic (exact) mass is 491 g/mol. The van der Waals surface area contributed by atoms with Crippen LogP contribution in [-0.4, -0.2) is 15.7 Å². The van der Waals surface area contributed by atoms with E-state index in [9.17, 15) is 4.79 Å². The van der Waals surface area contributed by atoms with Crippen molar-refractivity contribution in [2.45, 2.75) is 32.2 Å². The van der Waals surface area contributed by atoms with Crippen LogP contribution >= 0.6 is 23.2 Å². The summed E-state index contributed by atoms with van der Waals surface area (Å²) >= 11 is 12.7.